The molecule has 0 bridgehead atoms. The lowest BCUT2D eigenvalue weighted by atomic mass is 10.2. The van der Waals surface area contributed by atoms with Crippen LogP contribution in [0.5, 0.6) is 0 Å². The van der Waals surface area contributed by atoms with Crippen molar-refractivity contribution in [2.75, 3.05) is 6.26 Å². The Hall–Kier alpha value is -1.75. The molecule has 0 aliphatic heterocycles. The highest BCUT2D eigenvalue weighted by molar-refractivity contribution is 7.99. The number of aromatic nitrogens is 2. The van der Waals surface area contributed by atoms with Gasteiger partial charge in [-0.2, -0.15) is 24.9 Å². The largest absolute Gasteiger partial charge is 0.416 e. The molecule has 2 rings (SSSR count). The Balaban J connectivity index is 2.31. The van der Waals surface area contributed by atoms with E-state index in [1.54, 1.807) is 0 Å². The van der Waals surface area contributed by atoms with Crippen molar-refractivity contribution in [1.29, 1.82) is 0 Å². The van der Waals surface area contributed by atoms with Gasteiger partial charge in [0.25, 0.3) is 10.9 Å². The summed E-state index contributed by atoms with van der Waals surface area (Å²) in [5.41, 5.74) is -1.75. The van der Waals surface area contributed by atoms with Crippen molar-refractivity contribution in [2.45, 2.75) is 22.0 Å². The summed E-state index contributed by atoms with van der Waals surface area (Å²) in [6.45, 7) is 0. The van der Waals surface area contributed by atoms with Crippen molar-refractivity contribution in [1.82, 2.24) is 10.2 Å². The predicted octanol–water partition coefficient (Wildman–Crippen LogP) is 4.01. The highest BCUT2D eigenvalue weighted by atomic mass is 32.2. The lowest BCUT2D eigenvalue weighted by Crippen LogP contribution is -2.05. The van der Waals surface area contributed by atoms with Crippen LogP contribution < -0.4 is 0 Å². The van der Waals surface area contributed by atoms with E-state index in [1.807, 2.05) is 6.26 Å². The third-order valence-electron chi connectivity index (χ3n) is 2.40. The average Bonchev–Trinajstić information content (AvgIpc) is 2.85. The van der Waals surface area contributed by atoms with E-state index in [4.69, 9.17) is 4.42 Å². The number of alkyl halides is 3. The molecule has 6 nitrogen and oxygen atoms in total. The summed E-state index contributed by atoms with van der Waals surface area (Å²) in [7, 11) is 0. The summed E-state index contributed by atoms with van der Waals surface area (Å²) in [5.74, 6) is 0.812. The Morgan fingerprint density at radius 3 is 2.68 bits per heavy atom. The number of halogens is 3. The standard InChI is InChI=1S/C11H8F3N3O3S2/c1-21-5-9-15-16-10(20-9)22-8-3-2-6(11(12,13)14)4-7(8)17(18)19/h2-4H,5H2,1H3. The summed E-state index contributed by atoms with van der Waals surface area (Å²) in [5, 5.41) is 18.4. The van der Waals surface area contributed by atoms with Crippen molar-refractivity contribution in [3.63, 3.8) is 0 Å². The lowest BCUT2D eigenvalue weighted by molar-refractivity contribution is -0.388. The number of benzene rings is 1. The molecule has 1 aromatic carbocycles. The van der Waals surface area contributed by atoms with Gasteiger partial charge in [-0.1, -0.05) is 0 Å². The minimum Gasteiger partial charge on any atom is -0.415 e. The number of rotatable bonds is 5. The average molecular weight is 351 g/mol. The molecule has 0 N–H and O–H groups in total. The highest BCUT2D eigenvalue weighted by Gasteiger charge is 2.33. The monoisotopic (exact) mass is 351 g/mol. The maximum absolute atomic E-state index is 12.6. The molecule has 0 saturated carbocycles. The van der Waals surface area contributed by atoms with Crippen LogP contribution in [0.2, 0.25) is 0 Å². The molecule has 0 amide bonds. The summed E-state index contributed by atoms with van der Waals surface area (Å²) < 4.78 is 43.1. The first kappa shape index (κ1) is 16.6. The summed E-state index contributed by atoms with van der Waals surface area (Å²) in [6, 6.07) is 2.28. The van der Waals surface area contributed by atoms with Crippen molar-refractivity contribution in [3.8, 4) is 0 Å². The van der Waals surface area contributed by atoms with Crippen molar-refractivity contribution in [3.05, 3.63) is 39.8 Å². The molecule has 0 radical (unpaired) electrons. The summed E-state index contributed by atoms with van der Waals surface area (Å²) >= 11 is 2.20. The van der Waals surface area contributed by atoms with Crippen LogP contribution in [0, 0.1) is 10.1 Å². The molecule has 2 aromatic rings. The van der Waals surface area contributed by atoms with Gasteiger partial charge in [-0.05, 0) is 30.2 Å². The maximum Gasteiger partial charge on any atom is 0.416 e. The van der Waals surface area contributed by atoms with Crippen LogP contribution in [0.1, 0.15) is 11.5 Å². The minimum absolute atomic E-state index is 0.00245. The van der Waals surface area contributed by atoms with Crippen LogP contribution in [0.4, 0.5) is 18.9 Å². The van der Waals surface area contributed by atoms with Gasteiger partial charge >= 0.3 is 6.18 Å². The van der Waals surface area contributed by atoms with Gasteiger partial charge in [0.2, 0.25) is 5.89 Å². The molecule has 22 heavy (non-hydrogen) atoms. The quantitative estimate of drug-likeness (QED) is 0.594. The van der Waals surface area contributed by atoms with Gasteiger partial charge in [0.1, 0.15) is 0 Å². The van der Waals surface area contributed by atoms with Crippen LogP contribution in [-0.2, 0) is 11.9 Å². The SMILES string of the molecule is CSCc1nnc(Sc2ccc(C(F)(F)F)cc2[N+](=O)[O-])o1. The molecule has 0 aliphatic rings. The number of thioether (sulfide) groups is 1. The van der Waals surface area contributed by atoms with E-state index in [0.717, 1.165) is 23.9 Å². The van der Waals surface area contributed by atoms with Crippen LogP contribution in [0.25, 0.3) is 0 Å². The topological polar surface area (TPSA) is 82.1 Å². The predicted molar refractivity (Wildman–Crippen MR) is 73.7 cm³/mol. The molecule has 0 atom stereocenters. The van der Waals surface area contributed by atoms with E-state index in [9.17, 15) is 23.3 Å². The lowest BCUT2D eigenvalue weighted by Gasteiger charge is -2.07. The first-order chi connectivity index (χ1) is 10.3. The zero-order chi connectivity index (χ0) is 16.3. The van der Waals surface area contributed by atoms with Crippen LogP contribution in [0.15, 0.2) is 32.7 Å². The second-order valence-corrected chi connectivity index (χ2v) is 5.79. The normalized spacial score (nSPS) is 11.6. The van der Waals surface area contributed by atoms with Crippen molar-refractivity contribution >= 4 is 29.2 Å². The van der Waals surface area contributed by atoms with E-state index in [2.05, 4.69) is 10.2 Å². The van der Waals surface area contributed by atoms with E-state index in [0.29, 0.717) is 17.7 Å². The molecule has 0 fully saturated rings. The maximum atomic E-state index is 12.6. The Kier molecular flexibility index (Phi) is 4.96. The summed E-state index contributed by atoms with van der Waals surface area (Å²) in [6.07, 6.45) is -2.82. The van der Waals surface area contributed by atoms with Crippen molar-refractivity contribution in [2.24, 2.45) is 0 Å². The van der Waals surface area contributed by atoms with Crippen LogP contribution in [0.3, 0.4) is 0 Å². The Bertz CT molecular complexity index is 691. The van der Waals surface area contributed by atoms with Gasteiger partial charge in [-0.15, -0.1) is 10.2 Å². The highest BCUT2D eigenvalue weighted by Crippen LogP contribution is 2.38. The molecule has 11 heteroatoms. The zero-order valence-electron chi connectivity index (χ0n) is 11.0. The third-order valence-corrected chi connectivity index (χ3v) is 3.84. The minimum atomic E-state index is -4.65. The zero-order valence-corrected chi connectivity index (χ0v) is 12.6. The van der Waals surface area contributed by atoms with Gasteiger partial charge < -0.3 is 4.42 Å². The van der Waals surface area contributed by atoms with E-state index < -0.39 is 22.4 Å². The Morgan fingerprint density at radius 2 is 2.09 bits per heavy atom. The molecule has 0 spiro atoms. The molecule has 118 valence electrons. The Morgan fingerprint density at radius 1 is 1.36 bits per heavy atom. The fourth-order valence-electron chi connectivity index (χ4n) is 1.48. The number of nitrogens with zero attached hydrogens (tertiary/aromatic N) is 3. The van der Waals surface area contributed by atoms with Crippen LogP contribution >= 0.6 is 23.5 Å². The van der Waals surface area contributed by atoms with Gasteiger partial charge in [-0.25, -0.2) is 0 Å². The number of hydrogen-bond acceptors (Lipinski definition) is 7. The van der Waals surface area contributed by atoms with Gasteiger partial charge in [-0.3, -0.25) is 10.1 Å². The molecular weight excluding hydrogens is 343 g/mol. The Labute approximate surface area is 130 Å². The smallest absolute Gasteiger partial charge is 0.415 e. The second-order valence-electron chi connectivity index (χ2n) is 3.93. The van der Waals surface area contributed by atoms with Gasteiger partial charge in [0.05, 0.1) is 21.1 Å². The summed E-state index contributed by atoms with van der Waals surface area (Å²) in [4.78, 5) is 10.1. The number of hydrogen-bond donors (Lipinski definition) is 0. The second kappa shape index (κ2) is 6.57. The fourth-order valence-corrected chi connectivity index (χ4v) is 2.62. The molecule has 1 aromatic heterocycles. The molecule has 0 aliphatic carbocycles. The van der Waals surface area contributed by atoms with Crippen molar-refractivity contribution < 1.29 is 22.5 Å². The van der Waals surface area contributed by atoms with Crippen LogP contribution in [-0.4, -0.2) is 21.4 Å². The van der Waals surface area contributed by atoms with E-state index in [-0.39, 0.29) is 10.1 Å². The molecule has 1 heterocycles. The molecule has 0 unspecified atom stereocenters. The molecular formula is C11H8F3N3O3S2. The third kappa shape index (κ3) is 3.91. The van der Waals surface area contributed by atoms with Gasteiger partial charge in [0.15, 0.2) is 0 Å². The van der Waals surface area contributed by atoms with Gasteiger partial charge in [0, 0.05) is 6.07 Å². The van der Waals surface area contributed by atoms with E-state index >= 15 is 0 Å². The van der Waals surface area contributed by atoms with E-state index in [1.165, 1.54) is 11.8 Å². The number of nitro benzene ring substituents is 1. The fraction of sp³-hybridized carbons (Fsp3) is 0.273. The first-order valence-corrected chi connectivity index (χ1v) is 7.87. The first-order valence-electron chi connectivity index (χ1n) is 5.66. The number of nitro groups is 1. The molecule has 0 saturated heterocycles.